The van der Waals surface area contributed by atoms with Gasteiger partial charge >= 0.3 is 0 Å². The van der Waals surface area contributed by atoms with Crippen molar-refractivity contribution >= 4 is 11.4 Å². The van der Waals surface area contributed by atoms with Gasteiger partial charge in [0.2, 0.25) is 0 Å². The first-order valence-corrected chi connectivity index (χ1v) is 6.45. The van der Waals surface area contributed by atoms with Gasteiger partial charge in [0.05, 0.1) is 11.4 Å². The van der Waals surface area contributed by atoms with E-state index in [9.17, 15) is 0 Å². The van der Waals surface area contributed by atoms with Crippen molar-refractivity contribution in [2.45, 2.75) is 13.8 Å². The summed E-state index contributed by atoms with van der Waals surface area (Å²) in [5.41, 5.74) is 10.1. The second-order valence-corrected chi connectivity index (χ2v) is 4.61. The Morgan fingerprint density at radius 1 is 1.05 bits per heavy atom. The molecule has 0 radical (unpaired) electrons. The van der Waals surface area contributed by atoms with Crippen LogP contribution in [-0.2, 0) is 0 Å². The quantitative estimate of drug-likeness (QED) is 0.637. The lowest BCUT2D eigenvalue weighted by atomic mass is 10.1. The normalized spacial score (nSPS) is 10.2. The number of hydrogen-bond donors (Lipinski definition) is 2. The smallest absolute Gasteiger partial charge is 0.119 e. The van der Waals surface area contributed by atoms with Crippen molar-refractivity contribution in [3.8, 4) is 5.75 Å². The van der Waals surface area contributed by atoms with Gasteiger partial charge in [-0.25, -0.2) is 0 Å². The molecule has 19 heavy (non-hydrogen) atoms. The van der Waals surface area contributed by atoms with Crippen LogP contribution >= 0.6 is 0 Å². The Hall–Kier alpha value is -2.16. The van der Waals surface area contributed by atoms with Crippen molar-refractivity contribution in [2.24, 2.45) is 0 Å². The number of nitrogens with two attached hydrogens (primary N) is 1. The molecule has 2 aromatic rings. The molecule has 0 heterocycles. The molecule has 2 rings (SSSR count). The number of aryl methyl sites for hydroxylation is 2. The first-order chi connectivity index (χ1) is 9.16. The fourth-order valence-electron chi connectivity index (χ4n) is 1.82. The zero-order chi connectivity index (χ0) is 13.7. The summed E-state index contributed by atoms with van der Waals surface area (Å²) in [6.45, 7) is 5.52. The van der Waals surface area contributed by atoms with Crippen LogP contribution in [0.5, 0.6) is 5.75 Å². The molecule has 0 aliphatic rings. The summed E-state index contributed by atoms with van der Waals surface area (Å²) in [6, 6.07) is 13.9. The molecule has 0 spiro atoms. The van der Waals surface area contributed by atoms with Crippen LogP contribution in [-0.4, -0.2) is 13.2 Å². The number of nitrogen functional groups attached to an aromatic ring is 1. The minimum absolute atomic E-state index is 0.608. The minimum atomic E-state index is 0.608. The van der Waals surface area contributed by atoms with Crippen LogP contribution in [0.3, 0.4) is 0 Å². The van der Waals surface area contributed by atoms with Crippen molar-refractivity contribution in [1.29, 1.82) is 0 Å². The predicted molar refractivity (Wildman–Crippen MR) is 80.8 cm³/mol. The molecule has 100 valence electrons. The number of nitrogens with one attached hydrogen (secondary N) is 1. The first-order valence-electron chi connectivity index (χ1n) is 6.45. The highest BCUT2D eigenvalue weighted by molar-refractivity contribution is 5.65. The lowest BCUT2D eigenvalue weighted by molar-refractivity contribution is 0.332. The number of benzene rings is 2. The van der Waals surface area contributed by atoms with Gasteiger partial charge in [0.1, 0.15) is 12.4 Å². The van der Waals surface area contributed by atoms with Crippen LogP contribution in [0.25, 0.3) is 0 Å². The van der Waals surface area contributed by atoms with Gasteiger partial charge in [-0.3, -0.25) is 0 Å². The number of hydrogen-bond acceptors (Lipinski definition) is 3. The van der Waals surface area contributed by atoms with Gasteiger partial charge < -0.3 is 15.8 Å². The molecule has 0 saturated heterocycles. The van der Waals surface area contributed by atoms with Crippen LogP contribution in [0.1, 0.15) is 11.1 Å². The SMILES string of the molecule is Cc1ccc(OCCNc2ccccc2N)cc1C. The van der Waals surface area contributed by atoms with E-state index in [2.05, 4.69) is 31.3 Å². The Morgan fingerprint density at radius 3 is 2.58 bits per heavy atom. The van der Waals surface area contributed by atoms with Crippen molar-refractivity contribution < 1.29 is 4.74 Å². The lowest BCUT2D eigenvalue weighted by Crippen LogP contribution is -2.12. The van der Waals surface area contributed by atoms with Gasteiger partial charge in [-0.05, 0) is 49.2 Å². The molecule has 0 saturated carbocycles. The van der Waals surface area contributed by atoms with Crippen LogP contribution in [0.15, 0.2) is 42.5 Å². The summed E-state index contributed by atoms with van der Waals surface area (Å²) in [7, 11) is 0. The third-order valence-electron chi connectivity index (χ3n) is 3.13. The van der Waals surface area contributed by atoms with Crippen molar-refractivity contribution in [3.05, 3.63) is 53.6 Å². The molecule has 2 aromatic carbocycles. The standard InChI is InChI=1S/C16H20N2O/c1-12-7-8-14(11-13(12)2)19-10-9-18-16-6-4-3-5-15(16)17/h3-8,11,18H,9-10,17H2,1-2H3. The van der Waals surface area contributed by atoms with Gasteiger partial charge in [0.15, 0.2) is 0 Å². The third-order valence-corrected chi connectivity index (χ3v) is 3.13. The fourth-order valence-corrected chi connectivity index (χ4v) is 1.82. The first kappa shape index (κ1) is 13.3. The van der Waals surface area contributed by atoms with Gasteiger partial charge in [0, 0.05) is 6.54 Å². The molecule has 3 nitrogen and oxygen atoms in total. The molecule has 0 unspecified atom stereocenters. The minimum Gasteiger partial charge on any atom is -0.492 e. The highest BCUT2D eigenvalue weighted by atomic mass is 16.5. The maximum atomic E-state index is 5.85. The van der Waals surface area contributed by atoms with E-state index in [0.717, 1.165) is 23.7 Å². The highest BCUT2D eigenvalue weighted by Gasteiger charge is 1.98. The molecular weight excluding hydrogens is 236 g/mol. The van der Waals surface area contributed by atoms with E-state index in [1.165, 1.54) is 11.1 Å². The molecule has 0 aromatic heterocycles. The molecule has 0 aliphatic carbocycles. The molecule has 0 fully saturated rings. The second-order valence-electron chi connectivity index (χ2n) is 4.61. The number of anilines is 2. The fraction of sp³-hybridized carbons (Fsp3) is 0.250. The number of para-hydroxylation sites is 2. The Balaban J connectivity index is 1.81. The Kier molecular flexibility index (Phi) is 4.29. The van der Waals surface area contributed by atoms with Gasteiger partial charge in [-0.1, -0.05) is 18.2 Å². The van der Waals surface area contributed by atoms with E-state index >= 15 is 0 Å². The summed E-state index contributed by atoms with van der Waals surface area (Å²) in [5.74, 6) is 0.908. The van der Waals surface area contributed by atoms with Crippen molar-refractivity contribution in [2.75, 3.05) is 24.2 Å². The zero-order valence-electron chi connectivity index (χ0n) is 11.4. The summed E-state index contributed by atoms with van der Waals surface area (Å²) in [6.07, 6.45) is 0. The topological polar surface area (TPSA) is 47.3 Å². The van der Waals surface area contributed by atoms with E-state index in [4.69, 9.17) is 10.5 Å². The van der Waals surface area contributed by atoms with Crippen LogP contribution in [0.2, 0.25) is 0 Å². The maximum absolute atomic E-state index is 5.85. The summed E-state index contributed by atoms with van der Waals surface area (Å²) < 4.78 is 5.70. The Morgan fingerprint density at radius 2 is 1.84 bits per heavy atom. The third kappa shape index (κ3) is 3.65. The molecule has 0 aliphatic heterocycles. The average Bonchev–Trinajstić information content (AvgIpc) is 2.40. The molecular formula is C16H20N2O. The van der Waals surface area contributed by atoms with E-state index in [-0.39, 0.29) is 0 Å². The Labute approximate surface area is 114 Å². The zero-order valence-corrected chi connectivity index (χ0v) is 11.4. The maximum Gasteiger partial charge on any atom is 0.119 e. The van der Waals surface area contributed by atoms with Gasteiger partial charge in [0.25, 0.3) is 0 Å². The van der Waals surface area contributed by atoms with E-state index < -0.39 is 0 Å². The highest BCUT2D eigenvalue weighted by Crippen LogP contribution is 2.17. The number of rotatable bonds is 5. The van der Waals surface area contributed by atoms with Gasteiger partial charge in [-0.2, -0.15) is 0 Å². The molecule has 0 amide bonds. The molecule has 0 atom stereocenters. The van der Waals surface area contributed by atoms with Crippen LogP contribution < -0.4 is 15.8 Å². The molecule has 3 N–H and O–H groups in total. The van der Waals surface area contributed by atoms with E-state index in [1.54, 1.807) is 0 Å². The monoisotopic (exact) mass is 256 g/mol. The van der Waals surface area contributed by atoms with Crippen LogP contribution in [0, 0.1) is 13.8 Å². The second kappa shape index (κ2) is 6.14. The lowest BCUT2D eigenvalue weighted by Gasteiger charge is -2.11. The summed E-state index contributed by atoms with van der Waals surface area (Å²) >= 11 is 0. The van der Waals surface area contributed by atoms with E-state index in [0.29, 0.717) is 6.61 Å². The summed E-state index contributed by atoms with van der Waals surface area (Å²) in [5, 5.41) is 3.26. The largest absolute Gasteiger partial charge is 0.492 e. The van der Waals surface area contributed by atoms with Crippen molar-refractivity contribution in [3.63, 3.8) is 0 Å². The van der Waals surface area contributed by atoms with Crippen LogP contribution in [0.4, 0.5) is 11.4 Å². The predicted octanol–water partition coefficient (Wildman–Crippen LogP) is 3.38. The average molecular weight is 256 g/mol. The molecule has 0 bridgehead atoms. The van der Waals surface area contributed by atoms with Gasteiger partial charge in [-0.15, -0.1) is 0 Å². The van der Waals surface area contributed by atoms with E-state index in [1.807, 2.05) is 30.3 Å². The number of ether oxygens (including phenoxy) is 1. The van der Waals surface area contributed by atoms with Crippen molar-refractivity contribution in [1.82, 2.24) is 0 Å². The summed E-state index contributed by atoms with van der Waals surface area (Å²) in [4.78, 5) is 0. The molecule has 3 heteroatoms. The Bertz CT molecular complexity index is 552.